The van der Waals surface area contributed by atoms with Crippen LogP contribution in [-0.4, -0.2) is 0 Å². The van der Waals surface area contributed by atoms with Gasteiger partial charge in [-0.25, -0.2) is 4.39 Å². The van der Waals surface area contributed by atoms with Crippen molar-refractivity contribution in [2.24, 2.45) is 23.7 Å². The number of unbranched alkanes of at least 4 members (excludes halogenated alkanes) is 1. The monoisotopic (exact) mass is 277 g/mol. The van der Waals surface area contributed by atoms with Crippen LogP contribution in [0, 0.1) is 35.0 Å². The Labute approximate surface area is 123 Å². The molecule has 0 spiro atoms. The molecule has 20 heavy (non-hydrogen) atoms. The minimum absolute atomic E-state index is 0.339. The molecule has 0 aliphatic heterocycles. The molecular weight excluding hydrogens is 249 g/mol. The van der Waals surface area contributed by atoms with E-state index in [0.717, 1.165) is 43.4 Å². The minimum atomic E-state index is 0.339. The molecule has 2 heteroatoms. The van der Waals surface area contributed by atoms with E-state index in [4.69, 9.17) is 5.26 Å². The van der Waals surface area contributed by atoms with Crippen LogP contribution < -0.4 is 0 Å². The van der Waals surface area contributed by atoms with Gasteiger partial charge in [-0.15, -0.1) is 0 Å². The molecule has 0 amide bonds. The molecular formula is C18H28FN. The molecule has 0 radical (unpaired) electrons. The Hall–Kier alpha value is -0.840. The average molecular weight is 277 g/mol. The molecule has 0 N–H and O–H groups in total. The van der Waals surface area contributed by atoms with E-state index in [1.165, 1.54) is 44.9 Å². The number of nitrogens with zero attached hydrogens (tertiary/aromatic N) is 1. The molecule has 0 aromatic heterocycles. The molecule has 0 bridgehead atoms. The van der Waals surface area contributed by atoms with Gasteiger partial charge in [-0.1, -0.05) is 25.3 Å². The zero-order valence-corrected chi connectivity index (χ0v) is 12.6. The lowest BCUT2D eigenvalue weighted by atomic mass is 9.69. The highest BCUT2D eigenvalue weighted by Gasteiger charge is 2.30. The van der Waals surface area contributed by atoms with E-state index < -0.39 is 0 Å². The first-order chi connectivity index (χ1) is 9.83. The van der Waals surface area contributed by atoms with Crippen LogP contribution in [0.15, 0.2) is 12.4 Å². The van der Waals surface area contributed by atoms with Gasteiger partial charge in [0.2, 0.25) is 0 Å². The molecule has 2 rings (SSSR count). The molecule has 0 unspecified atom stereocenters. The Balaban J connectivity index is 1.63. The van der Waals surface area contributed by atoms with Crippen molar-refractivity contribution in [3.8, 4) is 6.07 Å². The lowest BCUT2D eigenvalue weighted by molar-refractivity contribution is 0.153. The van der Waals surface area contributed by atoms with Crippen LogP contribution in [-0.2, 0) is 0 Å². The zero-order valence-electron chi connectivity index (χ0n) is 12.6. The summed E-state index contributed by atoms with van der Waals surface area (Å²) in [7, 11) is 0. The summed E-state index contributed by atoms with van der Waals surface area (Å²) >= 11 is 0. The number of rotatable bonds is 5. The van der Waals surface area contributed by atoms with Gasteiger partial charge < -0.3 is 0 Å². The predicted octanol–water partition coefficient (Wildman–Crippen LogP) is 5.78. The first-order valence-corrected chi connectivity index (χ1v) is 8.48. The van der Waals surface area contributed by atoms with Crippen LogP contribution in [0.3, 0.4) is 0 Å². The Morgan fingerprint density at radius 3 is 2.10 bits per heavy atom. The second kappa shape index (κ2) is 8.45. The molecule has 112 valence electrons. The number of allylic oxidation sites excluding steroid dienone is 1. The van der Waals surface area contributed by atoms with Crippen molar-refractivity contribution in [3.63, 3.8) is 0 Å². The highest BCUT2D eigenvalue weighted by atomic mass is 19.1. The van der Waals surface area contributed by atoms with Crippen LogP contribution in [0.2, 0.25) is 0 Å². The highest BCUT2D eigenvalue weighted by molar-refractivity contribution is 4.89. The summed E-state index contributed by atoms with van der Waals surface area (Å²) in [5.74, 6) is 3.05. The zero-order chi connectivity index (χ0) is 14.2. The van der Waals surface area contributed by atoms with E-state index >= 15 is 0 Å². The molecule has 0 heterocycles. The molecule has 0 aromatic carbocycles. The Kier molecular flexibility index (Phi) is 6.57. The van der Waals surface area contributed by atoms with Gasteiger partial charge in [-0.3, -0.25) is 0 Å². The third kappa shape index (κ3) is 4.62. The lowest BCUT2D eigenvalue weighted by Gasteiger charge is -2.36. The van der Waals surface area contributed by atoms with E-state index in [9.17, 15) is 4.39 Å². The van der Waals surface area contributed by atoms with Gasteiger partial charge in [0.05, 0.1) is 12.4 Å². The van der Waals surface area contributed by atoms with E-state index in [2.05, 4.69) is 6.07 Å². The third-order valence-corrected chi connectivity index (χ3v) is 5.58. The predicted molar refractivity (Wildman–Crippen MR) is 80.6 cm³/mol. The van der Waals surface area contributed by atoms with Gasteiger partial charge >= 0.3 is 0 Å². The Morgan fingerprint density at radius 1 is 0.950 bits per heavy atom. The van der Waals surface area contributed by atoms with E-state index in [0.29, 0.717) is 12.2 Å². The first-order valence-electron chi connectivity index (χ1n) is 8.48. The minimum Gasteiger partial charge on any atom is -0.216 e. The van der Waals surface area contributed by atoms with Crippen molar-refractivity contribution in [2.45, 2.75) is 70.6 Å². The topological polar surface area (TPSA) is 23.8 Å². The van der Waals surface area contributed by atoms with E-state index in [1.807, 2.05) is 0 Å². The van der Waals surface area contributed by atoms with Crippen LogP contribution in [0.4, 0.5) is 4.39 Å². The average Bonchev–Trinajstić information content (AvgIpc) is 2.52. The number of nitriles is 1. The van der Waals surface area contributed by atoms with Gasteiger partial charge in [-0.05, 0) is 69.1 Å². The Bertz CT molecular complexity index is 328. The fraction of sp³-hybridized carbons (Fsp3) is 0.833. The number of hydrogen-bond donors (Lipinski definition) is 0. The highest BCUT2D eigenvalue weighted by Crippen LogP contribution is 2.42. The van der Waals surface area contributed by atoms with Crippen molar-refractivity contribution in [1.29, 1.82) is 5.26 Å². The maximum atomic E-state index is 11.9. The van der Waals surface area contributed by atoms with Crippen LogP contribution >= 0.6 is 0 Å². The van der Waals surface area contributed by atoms with Crippen molar-refractivity contribution >= 4 is 0 Å². The van der Waals surface area contributed by atoms with Gasteiger partial charge in [0.1, 0.15) is 0 Å². The van der Waals surface area contributed by atoms with Gasteiger partial charge in [0, 0.05) is 5.92 Å². The summed E-state index contributed by atoms with van der Waals surface area (Å²) in [6, 6.07) is 2.44. The summed E-state index contributed by atoms with van der Waals surface area (Å²) in [6.45, 7) is 0. The van der Waals surface area contributed by atoms with Crippen molar-refractivity contribution in [3.05, 3.63) is 12.4 Å². The van der Waals surface area contributed by atoms with Gasteiger partial charge in [0.25, 0.3) is 0 Å². The van der Waals surface area contributed by atoms with Crippen LogP contribution in [0.1, 0.15) is 70.6 Å². The van der Waals surface area contributed by atoms with Crippen molar-refractivity contribution in [2.75, 3.05) is 0 Å². The normalized spacial score (nSPS) is 35.0. The second-order valence-electron chi connectivity index (χ2n) is 6.81. The van der Waals surface area contributed by atoms with Gasteiger partial charge in [0.15, 0.2) is 0 Å². The van der Waals surface area contributed by atoms with E-state index in [-0.39, 0.29) is 0 Å². The molecule has 2 fully saturated rings. The maximum absolute atomic E-state index is 11.9. The van der Waals surface area contributed by atoms with Crippen molar-refractivity contribution in [1.82, 2.24) is 0 Å². The third-order valence-electron chi connectivity index (χ3n) is 5.58. The SMILES string of the molecule is N#CC1CCC(C2CCC(CCCC=CF)CC2)CC1. The summed E-state index contributed by atoms with van der Waals surface area (Å²) in [5.41, 5.74) is 0. The summed E-state index contributed by atoms with van der Waals surface area (Å²) in [4.78, 5) is 0. The number of hydrogen-bond acceptors (Lipinski definition) is 1. The van der Waals surface area contributed by atoms with Gasteiger partial charge in [-0.2, -0.15) is 5.26 Å². The van der Waals surface area contributed by atoms with Crippen molar-refractivity contribution < 1.29 is 4.39 Å². The maximum Gasteiger partial charge on any atom is 0.0827 e. The first kappa shape index (κ1) is 15.5. The molecule has 2 aliphatic rings. The summed E-state index contributed by atoms with van der Waals surface area (Å²) in [5, 5.41) is 8.96. The molecule has 1 nitrogen and oxygen atoms in total. The standard InChI is InChI=1S/C18H28FN/c19-13-3-1-2-4-15-5-9-17(10-6-15)18-11-7-16(14-20)8-12-18/h3,13,15-18H,1-2,4-12H2. The molecule has 0 aromatic rings. The molecule has 2 saturated carbocycles. The lowest BCUT2D eigenvalue weighted by Crippen LogP contribution is -2.25. The van der Waals surface area contributed by atoms with E-state index in [1.54, 1.807) is 6.08 Å². The molecule has 0 atom stereocenters. The summed E-state index contributed by atoms with van der Waals surface area (Å²) < 4.78 is 11.9. The molecule has 0 saturated heterocycles. The summed E-state index contributed by atoms with van der Waals surface area (Å²) in [6.07, 6.45) is 16.0. The fourth-order valence-electron chi connectivity index (χ4n) is 4.26. The smallest absolute Gasteiger partial charge is 0.0827 e. The largest absolute Gasteiger partial charge is 0.216 e. The Morgan fingerprint density at radius 2 is 1.55 bits per heavy atom. The second-order valence-corrected chi connectivity index (χ2v) is 6.81. The fourth-order valence-corrected chi connectivity index (χ4v) is 4.26. The van der Waals surface area contributed by atoms with Crippen LogP contribution in [0.25, 0.3) is 0 Å². The number of halogens is 1. The molecule has 2 aliphatic carbocycles. The quantitative estimate of drug-likeness (QED) is 0.585. The van der Waals surface area contributed by atoms with Crippen LogP contribution in [0.5, 0.6) is 0 Å².